The summed E-state index contributed by atoms with van der Waals surface area (Å²) in [6.45, 7) is 7.69. The Kier molecular flexibility index (Phi) is 8.04. The summed E-state index contributed by atoms with van der Waals surface area (Å²) in [4.78, 5) is 51.0. The van der Waals surface area contributed by atoms with Gasteiger partial charge in [0.15, 0.2) is 24.6 Å². The highest BCUT2D eigenvalue weighted by Gasteiger charge is 2.84. The largest absolute Gasteiger partial charge is 0.481 e. The van der Waals surface area contributed by atoms with Crippen LogP contribution in [0.3, 0.4) is 0 Å². The molecule has 45 heavy (non-hydrogen) atoms. The van der Waals surface area contributed by atoms with E-state index in [0.29, 0.717) is 18.8 Å². The van der Waals surface area contributed by atoms with Crippen LogP contribution in [0.15, 0.2) is 11.6 Å². The summed E-state index contributed by atoms with van der Waals surface area (Å²) < 4.78 is 29.9. The van der Waals surface area contributed by atoms with Gasteiger partial charge in [0.1, 0.15) is 11.7 Å². The maximum atomic E-state index is 13.7. The van der Waals surface area contributed by atoms with Crippen LogP contribution in [0.5, 0.6) is 0 Å². The molecular formula is C33H46O12. The summed E-state index contributed by atoms with van der Waals surface area (Å²) in [6.07, 6.45) is -0.115. The van der Waals surface area contributed by atoms with Crippen molar-refractivity contribution in [3.63, 3.8) is 0 Å². The van der Waals surface area contributed by atoms with Gasteiger partial charge in [0.25, 0.3) is 5.79 Å². The molecule has 250 valence electrons. The lowest BCUT2D eigenvalue weighted by molar-refractivity contribution is -0.386. The number of esters is 1. The van der Waals surface area contributed by atoms with E-state index in [-0.39, 0.29) is 49.5 Å². The average molecular weight is 635 g/mol. The molecule has 4 bridgehead atoms. The number of carbonyl (C=O) groups is 4. The molecule has 3 N–H and O–H groups in total. The van der Waals surface area contributed by atoms with Gasteiger partial charge in [-0.3, -0.25) is 9.59 Å². The number of hydrogen-bond acceptors (Lipinski definition) is 10. The van der Waals surface area contributed by atoms with E-state index in [1.807, 2.05) is 13.8 Å². The van der Waals surface area contributed by atoms with Crippen molar-refractivity contribution in [3.05, 3.63) is 11.6 Å². The molecule has 12 heteroatoms. The van der Waals surface area contributed by atoms with Crippen molar-refractivity contribution >= 4 is 24.2 Å². The quantitative estimate of drug-likeness (QED) is 0.172. The molecule has 0 aromatic rings. The number of carbonyl (C=O) groups excluding carboxylic acids is 2. The van der Waals surface area contributed by atoms with Gasteiger partial charge in [-0.25, -0.2) is 4.79 Å². The van der Waals surface area contributed by atoms with E-state index in [2.05, 4.69) is 13.0 Å². The van der Waals surface area contributed by atoms with Gasteiger partial charge in [0, 0.05) is 18.9 Å². The number of aliphatic carboxylic acids is 2. The first kappa shape index (κ1) is 32.6. The number of carboxylic acids is 2. The van der Waals surface area contributed by atoms with Crippen LogP contribution in [0.25, 0.3) is 0 Å². The fourth-order valence-corrected chi connectivity index (χ4v) is 10.8. The summed E-state index contributed by atoms with van der Waals surface area (Å²) in [7, 11) is 1.38. The fraction of sp³-hybridized carbons (Fsp3) is 0.818. The molecule has 0 radical (unpaired) electrons. The number of allylic oxidation sites excluding steroid dienone is 1. The van der Waals surface area contributed by atoms with E-state index in [4.69, 9.17) is 28.8 Å². The van der Waals surface area contributed by atoms with Crippen molar-refractivity contribution in [3.8, 4) is 0 Å². The standard InChI is InChI=1S/C33H46O12/c1-16(2)22-11-19-12-30(14-34)21-10-9-17(3)20(21)13-31(19,32(22,30)29(39)40)15-42-28-25(37)33(26(41-5)18(4)43-28)44-23(27(38)45-33)7-6-8-24(35)36/h11,14,16-21,23,25-26,28,37H,6-10,12-13,15H2,1-5H3,(H,35,36)(H,39,40). The van der Waals surface area contributed by atoms with Gasteiger partial charge in [0.05, 0.1) is 18.1 Å². The minimum Gasteiger partial charge on any atom is -0.481 e. The molecule has 5 fully saturated rings. The second kappa shape index (κ2) is 11.1. The molecule has 0 aromatic carbocycles. The van der Waals surface area contributed by atoms with Crippen molar-refractivity contribution in [1.29, 1.82) is 0 Å². The Bertz CT molecular complexity index is 1280. The molecule has 1 spiro atoms. The Morgan fingerprint density at radius 1 is 1.18 bits per heavy atom. The molecule has 2 heterocycles. The Morgan fingerprint density at radius 2 is 1.91 bits per heavy atom. The Balaban J connectivity index is 1.33. The van der Waals surface area contributed by atoms with Crippen molar-refractivity contribution in [2.75, 3.05) is 13.7 Å². The number of hydrogen-bond donors (Lipinski definition) is 3. The van der Waals surface area contributed by atoms with Crippen LogP contribution in [0.2, 0.25) is 0 Å². The van der Waals surface area contributed by atoms with Crippen LogP contribution in [0.1, 0.15) is 72.6 Å². The van der Waals surface area contributed by atoms with Gasteiger partial charge in [-0.1, -0.05) is 38.8 Å². The Morgan fingerprint density at radius 3 is 2.53 bits per heavy atom. The molecule has 0 aromatic heterocycles. The van der Waals surface area contributed by atoms with Gasteiger partial charge in [-0.2, -0.15) is 0 Å². The third kappa shape index (κ3) is 4.14. The second-order valence-corrected chi connectivity index (χ2v) is 14.6. The van der Waals surface area contributed by atoms with Gasteiger partial charge in [0.2, 0.25) is 0 Å². The zero-order valence-electron chi connectivity index (χ0n) is 26.6. The molecule has 13 unspecified atom stereocenters. The third-order valence-electron chi connectivity index (χ3n) is 12.4. The SMILES string of the molecule is COC1C(C)OC(OCC23CC4C(C)CCC4C4(C=O)CC2C=C(C(C)C)C43C(=O)O)C(O)C12OC(=O)C(CCCC(=O)O)O2. The Hall–Kier alpha value is -2.38. The molecule has 3 saturated carbocycles. The first-order chi connectivity index (χ1) is 21.3. The number of fused-ring (bicyclic) bond motifs is 2. The molecular weight excluding hydrogens is 588 g/mol. The average Bonchev–Trinajstić information content (AvgIpc) is 3.65. The lowest BCUT2D eigenvalue weighted by Crippen LogP contribution is -2.68. The van der Waals surface area contributed by atoms with Crippen molar-refractivity contribution in [2.24, 2.45) is 45.8 Å². The fourth-order valence-electron chi connectivity index (χ4n) is 10.8. The summed E-state index contributed by atoms with van der Waals surface area (Å²) in [6, 6.07) is 0. The highest BCUT2D eigenvalue weighted by atomic mass is 16.8. The van der Waals surface area contributed by atoms with E-state index in [1.165, 1.54) is 7.11 Å². The maximum Gasteiger partial charge on any atom is 0.338 e. The van der Waals surface area contributed by atoms with E-state index in [9.17, 15) is 29.4 Å². The van der Waals surface area contributed by atoms with Crippen molar-refractivity contribution < 1.29 is 58.2 Å². The lowest BCUT2D eigenvalue weighted by Gasteiger charge is -2.58. The number of aliphatic hydroxyl groups excluding tert-OH is 1. The molecule has 2 aliphatic heterocycles. The summed E-state index contributed by atoms with van der Waals surface area (Å²) >= 11 is 0. The molecule has 0 amide bonds. The highest BCUT2D eigenvalue weighted by molar-refractivity contribution is 5.90. The van der Waals surface area contributed by atoms with Gasteiger partial charge in [-0.05, 0) is 68.6 Å². The third-order valence-corrected chi connectivity index (χ3v) is 12.4. The Labute approximate surface area is 262 Å². The van der Waals surface area contributed by atoms with Gasteiger partial charge < -0.3 is 43.8 Å². The van der Waals surface area contributed by atoms with Crippen LogP contribution >= 0.6 is 0 Å². The summed E-state index contributed by atoms with van der Waals surface area (Å²) in [5.74, 6) is -4.62. The van der Waals surface area contributed by atoms with Crippen LogP contribution in [0, 0.1) is 45.8 Å². The van der Waals surface area contributed by atoms with E-state index >= 15 is 0 Å². The maximum absolute atomic E-state index is 13.7. The molecule has 2 saturated heterocycles. The first-order valence-corrected chi connectivity index (χ1v) is 16.3. The minimum absolute atomic E-state index is 0.0340. The smallest absolute Gasteiger partial charge is 0.338 e. The molecule has 12 nitrogen and oxygen atoms in total. The van der Waals surface area contributed by atoms with Crippen molar-refractivity contribution in [1.82, 2.24) is 0 Å². The van der Waals surface area contributed by atoms with E-state index in [0.717, 1.165) is 24.7 Å². The molecule has 6 rings (SSSR count). The zero-order chi connectivity index (χ0) is 32.7. The van der Waals surface area contributed by atoms with Crippen LogP contribution < -0.4 is 0 Å². The minimum atomic E-state index is -1.98. The number of ether oxygens (including phenoxy) is 5. The predicted molar refractivity (Wildman–Crippen MR) is 154 cm³/mol. The second-order valence-electron chi connectivity index (χ2n) is 14.6. The monoisotopic (exact) mass is 634 g/mol. The number of methoxy groups -OCH3 is 1. The van der Waals surface area contributed by atoms with E-state index < -0.39 is 70.6 Å². The highest BCUT2D eigenvalue weighted by Crippen LogP contribution is 2.82. The topological polar surface area (TPSA) is 175 Å². The number of aldehydes is 1. The molecule has 6 aliphatic rings. The van der Waals surface area contributed by atoms with Gasteiger partial charge >= 0.3 is 17.9 Å². The van der Waals surface area contributed by atoms with Crippen LogP contribution in [-0.2, 0) is 42.9 Å². The number of carboxylic acid groups (broad SMARTS) is 2. The van der Waals surface area contributed by atoms with Crippen LogP contribution in [-0.4, -0.2) is 89.7 Å². The zero-order valence-corrected chi connectivity index (χ0v) is 26.6. The normalized spacial score (nSPS) is 48.0. The lowest BCUT2D eigenvalue weighted by atomic mass is 9.43. The van der Waals surface area contributed by atoms with Gasteiger partial charge in [-0.15, -0.1) is 0 Å². The van der Waals surface area contributed by atoms with Crippen LogP contribution in [0.4, 0.5) is 0 Å². The number of aliphatic hydroxyl groups is 1. The summed E-state index contributed by atoms with van der Waals surface area (Å²) in [5.41, 5.74) is -2.71. The summed E-state index contributed by atoms with van der Waals surface area (Å²) in [5, 5.41) is 32.0. The predicted octanol–water partition coefficient (Wildman–Crippen LogP) is 2.94. The molecule has 13 atom stereocenters. The first-order valence-electron chi connectivity index (χ1n) is 16.3. The number of rotatable bonds is 11. The molecule has 4 aliphatic carbocycles. The van der Waals surface area contributed by atoms with Crippen molar-refractivity contribution in [2.45, 2.75) is 109 Å². The van der Waals surface area contributed by atoms with E-state index in [1.54, 1.807) is 6.92 Å².